The third kappa shape index (κ3) is 2.05. The van der Waals surface area contributed by atoms with E-state index in [9.17, 15) is 9.90 Å². The number of rotatable bonds is 3. The summed E-state index contributed by atoms with van der Waals surface area (Å²) in [4.78, 5) is 12.2. The largest absolute Gasteiger partial charge is 0.478 e. The first kappa shape index (κ1) is 10.1. The van der Waals surface area contributed by atoms with E-state index in [1.165, 1.54) is 11.8 Å². The van der Waals surface area contributed by atoms with Crippen molar-refractivity contribution in [1.82, 2.24) is 4.90 Å². The molecule has 1 heterocycles. The Hall–Kier alpha value is -0.940. The summed E-state index contributed by atoms with van der Waals surface area (Å²) in [6.45, 7) is 3.32. The zero-order valence-corrected chi connectivity index (χ0v) is 7.99. The average Bonchev–Trinajstić information content (AvgIpc) is 2.48. The van der Waals surface area contributed by atoms with Crippen molar-refractivity contribution in [3.8, 4) is 0 Å². The van der Waals surface area contributed by atoms with E-state index in [1.54, 1.807) is 18.1 Å². The lowest BCUT2D eigenvalue weighted by Crippen LogP contribution is -2.36. The lowest BCUT2D eigenvalue weighted by Gasteiger charge is -2.24. The van der Waals surface area contributed by atoms with Gasteiger partial charge in [0.1, 0.15) is 11.5 Å². The van der Waals surface area contributed by atoms with Gasteiger partial charge in [0.25, 0.3) is 0 Å². The topological polar surface area (TPSA) is 60.8 Å². The molecule has 0 amide bonds. The Morgan fingerprint density at radius 1 is 1.77 bits per heavy atom. The summed E-state index contributed by atoms with van der Waals surface area (Å²) < 4.78 is 0. The van der Waals surface area contributed by atoms with Crippen LogP contribution < -0.4 is 0 Å². The Morgan fingerprint density at radius 3 is 2.77 bits per heavy atom. The van der Waals surface area contributed by atoms with E-state index in [-0.39, 0.29) is 10.9 Å². The lowest BCUT2D eigenvalue weighted by atomic mass is 10.1. The second-order valence-corrected chi connectivity index (χ2v) is 3.78. The van der Waals surface area contributed by atoms with E-state index < -0.39 is 12.1 Å². The number of hydrogen-bond donors (Lipinski definition) is 2. The molecule has 1 aliphatic rings. The fourth-order valence-electron chi connectivity index (χ4n) is 0.988. The van der Waals surface area contributed by atoms with Crippen molar-refractivity contribution in [1.29, 1.82) is 0 Å². The number of carbonyl (C=O) groups is 1. The van der Waals surface area contributed by atoms with Crippen LogP contribution in [0.3, 0.4) is 0 Å². The Balaban J connectivity index is 2.63. The minimum Gasteiger partial charge on any atom is -0.478 e. The number of hydrogen-bond acceptors (Lipinski definition) is 4. The van der Waals surface area contributed by atoms with Crippen LogP contribution in [0, 0.1) is 0 Å². The molecule has 0 aromatic carbocycles. The molecule has 1 rings (SSSR count). The predicted molar refractivity (Wildman–Crippen MR) is 51.1 cm³/mol. The highest BCUT2D eigenvalue weighted by molar-refractivity contribution is 8.02. The van der Waals surface area contributed by atoms with Gasteiger partial charge in [-0.15, -0.1) is 11.8 Å². The summed E-state index contributed by atoms with van der Waals surface area (Å²) in [5.74, 6) is -1.16. The number of nitrogens with zero attached hydrogens (tertiary/aromatic N) is 1. The quantitative estimate of drug-likeness (QED) is 0.650. The van der Waals surface area contributed by atoms with Crippen molar-refractivity contribution in [3.05, 3.63) is 23.8 Å². The van der Waals surface area contributed by atoms with Gasteiger partial charge in [0.2, 0.25) is 0 Å². The van der Waals surface area contributed by atoms with E-state index in [4.69, 9.17) is 5.11 Å². The number of likely N-dealkylation sites (N-methyl/N-ethyl adjacent to an activating group) is 1. The van der Waals surface area contributed by atoms with Gasteiger partial charge in [-0.3, -0.25) is 0 Å². The lowest BCUT2D eigenvalue weighted by molar-refractivity contribution is -0.133. The van der Waals surface area contributed by atoms with Gasteiger partial charge in [0.05, 0.1) is 5.57 Å². The first-order valence-corrected chi connectivity index (χ1v) is 4.62. The molecular weight excluding hydrogens is 190 g/mol. The molecule has 0 aromatic heterocycles. The predicted octanol–water partition coefficient (Wildman–Crippen LogP) is 0.464. The monoisotopic (exact) mass is 201 g/mol. The number of carboxylic acid groups (broad SMARTS) is 1. The zero-order valence-electron chi connectivity index (χ0n) is 7.17. The molecule has 0 aromatic rings. The zero-order chi connectivity index (χ0) is 10.0. The molecular formula is C8H11NO3S. The highest BCUT2D eigenvalue weighted by Gasteiger charge is 2.29. The molecule has 4 nitrogen and oxygen atoms in total. The van der Waals surface area contributed by atoms with E-state index in [1.807, 2.05) is 5.41 Å². The molecule has 13 heavy (non-hydrogen) atoms. The summed E-state index contributed by atoms with van der Waals surface area (Å²) in [6.07, 6.45) is 0.746. The first-order valence-electron chi connectivity index (χ1n) is 3.68. The number of carboxylic acids is 1. The van der Waals surface area contributed by atoms with Crippen LogP contribution in [0.25, 0.3) is 0 Å². The van der Waals surface area contributed by atoms with Crippen LogP contribution in [-0.2, 0) is 4.79 Å². The number of aliphatic hydroxyl groups excluding tert-OH is 1. The van der Waals surface area contributed by atoms with Crippen molar-refractivity contribution >= 4 is 17.7 Å². The van der Waals surface area contributed by atoms with Crippen molar-refractivity contribution in [2.24, 2.45) is 0 Å². The smallest absolute Gasteiger partial charge is 0.333 e. The van der Waals surface area contributed by atoms with Crippen LogP contribution in [0.5, 0.6) is 0 Å². The molecule has 1 aliphatic heterocycles. The SMILES string of the molecule is C=C(C(=O)O)C(O)C1SC=CN1C. The molecule has 0 spiro atoms. The normalized spacial score (nSPS) is 23.2. The maximum atomic E-state index is 10.5. The van der Waals surface area contributed by atoms with Crippen LogP contribution in [0.2, 0.25) is 0 Å². The standard InChI is InChI=1S/C8H11NO3S/c1-5(8(11)12)6(10)7-9(2)3-4-13-7/h3-4,6-7,10H,1H2,2H3,(H,11,12). The molecule has 72 valence electrons. The van der Waals surface area contributed by atoms with Gasteiger partial charge in [0.15, 0.2) is 0 Å². The fraction of sp³-hybridized carbons (Fsp3) is 0.375. The summed E-state index contributed by atoms with van der Waals surface area (Å²) in [5, 5.41) is 19.7. The molecule has 2 atom stereocenters. The summed E-state index contributed by atoms with van der Waals surface area (Å²) in [6, 6.07) is 0. The summed E-state index contributed by atoms with van der Waals surface area (Å²) >= 11 is 1.38. The molecule has 2 N–H and O–H groups in total. The van der Waals surface area contributed by atoms with Crippen molar-refractivity contribution in [2.45, 2.75) is 11.5 Å². The van der Waals surface area contributed by atoms with Gasteiger partial charge in [0, 0.05) is 13.2 Å². The molecule has 2 unspecified atom stereocenters. The number of aliphatic hydroxyl groups is 1. The minimum absolute atomic E-state index is 0.173. The van der Waals surface area contributed by atoms with E-state index in [0.717, 1.165) is 0 Å². The van der Waals surface area contributed by atoms with Crippen molar-refractivity contribution < 1.29 is 15.0 Å². The van der Waals surface area contributed by atoms with Gasteiger partial charge in [-0.1, -0.05) is 6.58 Å². The minimum atomic E-state index is -1.16. The maximum Gasteiger partial charge on any atom is 0.333 e. The summed E-state index contributed by atoms with van der Waals surface area (Å²) in [7, 11) is 1.78. The molecule has 0 saturated heterocycles. The highest BCUT2D eigenvalue weighted by Crippen LogP contribution is 2.28. The Morgan fingerprint density at radius 2 is 2.38 bits per heavy atom. The van der Waals surface area contributed by atoms with Gasteiger partial charge >= 0.3 is 5.97 Å². The van der Waals surface area contributed by atoms with Crippen LogP contribution in [0.4, 0.5) is 0 Å². The third-order valence-electron chi connectivity index (χ3n) is 1.82. The third-order valence-corrected chi connectivity index (χ3v) is 2.97. The van der Waals surface area contributed by atoms with Gasteiger partial charge < -0.3 is 15.1 Å². The Bertz CT molecular complexity index is 264. The first-order chi connectivity index (χ1) is 6.04. The molecule has 0 saturated carbocycles. The Labute approximate surface area is 80.5 Å². The van der Waals surface area contributed by atoms with E-state index in [0.29, 0.717) is 0 Å². The Kier molecular flexibility index (Phi) is 3.00. The number of aliphatic carboxylic acids is 1. The van der Waals surface area contributed by atoms with Gasteiger partial charge in [-0.2, -0.15) is 0 Å². The van der Waals surface area contributed by atoms with Crippen molar-refractivity contribution in [3.63, 3.8) is 0 Å². The van der Waals surface area contributed by atoms with Crippen LogP contribution in [0.15, 0.2) is 23.8 Å². The summed E-state index contributed by atoms with van der Waals surface area (Å²) in [5.41, 5.74) is -0.173. The van der Waals surface area contributed by atoms with E-state index in [2.05, 4.69) is 6.58 Å². The molecule has 0 fully saturated rings. The van der Waals surface area contributed by atoms with Gasteiger partial charge in [-0.25, -0.2) is 4.79 Å². The van der Waals surface area contributed by atoms with E-state index >= 15 is 0 Å². The highest BCUT2D eigenvalue weighted by atomic mass is 32.2. The van der Waals surface area contributed by atoms with Crippen molar-refractivity contribution in [2.75, 3.05) is 7.05 Å². The van der Waals surface area contributed by atoms with Crippen LogP contribution >= 0.6 is 11.8 Å². The average molecular weight is 201 g/mol. The molecule has 0 aliphatic carbocycles. The molecule has 0 radical (unpaired) electrons. The van der Waals surface area contributed by atoms with Crippen LogP contribution in [-0.4, -0.2) is 39.6 Å². The van der Waals surface area contributed by atoms with Crippen LogP contribution in [0.1, 0.15) is 0 Å². The fourth-order valence-corrected chi connectivity index (χ4v) is 1.99. The molecule has 5 heteroatoms. The maximum absolute atomic E-state index is 10.5. The second kappa shape index (κ2) is 3.85. The van der Waals surface area contributed by atoms with Gasteiger partial charge in [-0.05, 0) is 5.41 Å². The molecule has 0 bridgehead atoms. The second-order valence-electron chi connectivity index (χ2n) is 2.75. The number of thioether (sulfide) groups is 1.